The number of dihydropyridines is 1. The molecule has 1 aromatic heterocycles. The maximum atomic E-state index is 13.5. The van der Waals surface area contributed by atoms with Gasteiger partial charge < -0.3 is 20.5 Å². The number of thiophene rings is 1. The number of esters is 2. The molecule has 3 heterocycles. The molecule has 38 heavy (non-hydrogen) atoms. The summed E-state index contributed by atoms with van der Waals surface area (Å²) in [5.41, 5.74) is 7.07. The summed E-state index contributed by atoms with van der Waals surface area (Å²) in [6.45, 7) is 7.87. The van der Waals surface area contributed by atoms with Crippen LogP contribution in [0.5, 0.6) is 0 Å². The van der Waals surface area contributed by atoms with E-state index in [1.165, 1.54) is 23.1 Å². The lowest BCUT2D eigenvalue weighted by atomic mass is 9.81. The van der Waals surface area contributed by atoms with Gasteiger partial charge in [0.05, 0.1) is 34.7 Å². The van der Waals surface area contributed by atoms with Gasteiger partial charge >= 0.3 is 11.9 Å². The Morgan fingerprint density at radius 3 is 2.71 bits per heavy atom. The third-order valence-corrected chi connectivity index (χ3v) is 7.43. The molecular formula is C27H32N4O6S. The smallest absolute Gasteiger partial charge is 0.338 e. The summed E-state index contributed by atoms with van der Waals surface area (Å²) in [5.74, 6) is -2.11. The fraction of sp³-hybridized carbons (Fsp3) is 0.407. The number of nitro benzene ring substituents is 1. The number of likely N-dealkylation sites (tertiary alicyclic amines) is 1. The predicted molar refractivity (Wildman–Crippen MR) is 143 cm³/mol. The predicted octanol–water partition coefficient (Wildman–Crippen LogP) is 3.80. The van der Waals surface area contributed by atoms with Gasteiger partial charge in [-0.2, -0.15) is 0 Å². The lowest BCUT2D eigenvalue weighted by Gasteiger charge is -2.30. The summed E-state index contributed by atoms with van der Waals surface area (Å²) in [6, 6.07) is 9.96. The van der Waals surface area contributed by atoms with E-state index in [-0.39, 0.29) is 35.2 Å². The number of ether oxygens (including phenoxy) is 2. The van der Waals surface area contributed by atoms with Crippen LogP contribution in [-0.2, 0) is 25.6 Å². The van der Waals surface area contributed by atoms with Crippen LogP contribution in [0.25, 0.3) is 0 Å². The first-order valence-electron chi connectivity index (χ1n) is 12.5. The summed E-state index contributed by atoms with van der Waals surface area (Å²) in [6.07, 6.45) is 0.483. The average Bonchev–Trinajstić information content (AvgIpc) is 3.54. The fourth-order valence-corrected chi connectivity index (χ4v) is 5.61. The third kappa shape index (κ3) is 6.22. The largest absolute Gasteiger partial charge is 0.462 e. The first kappa shape index (κ1) is 27.3. The normalized spacial score (nSPS) is 20.0. The van der Waals surface area contributed by atoms with Crippen molar-refractivity contribution in [2.24, 2.45) is 11.7 Å². The van der Waals surface area contributed by atoms with Gasteiger partial charge in [0.2, 0.25) is 0 Å². The molecule has 202 valence electrons. The average molecular weight is 541 g/mol. The molecule has 0 bridgehead atoms. The fourth-order valence-electron chi connectivity index (χ4n) is 4.87. The van der Waals surface area contributed by atoms with E-state index in [2.05, 4.69) is 21.7 Å². The molecule has 2 unspecified atom stereocenters. The van der Waals surface area contributed by atoms with Crippen molar-refractivity contribution in [1.82, 2.24) is 10.2 Å². The molecule has 0 aliphatic carbocycles. The van der Waals surface area contributed by atoms with E-state index in [0.717, 1.165) is 26.1 Å². The molecule has 2 aliphatic heterocycles. The van der Waals surface area contributed by atoms with Crippen LogP contribution in [0.3, 0.4) is 0 Å². The summed E-state index contributed by atoms with van der Waals surface area (Å²) in [4.78, 5) is 41.2. The van der Waals surface area contributed by atoms with Crippen LogP contribution in [0.1, 0.15) is 43.6 Å². The number of non-ortho nitro benzene ring substituents is 1. The monoisotopic (exact) mass is 540 g/mol. The number of nitrogens with zero attached hydrogens (tertiary/aromatic N) is 2. The van der Waals surface area contributed by atoms with Crippen molar-refractivity contribution < 1.29 is 24.0 Å². The maximum absolute atomic E-state index is 13.5. The summed E-state index contributed by atoms with van der Waals surface area (Å²) in [5, 5.41) is 16.4. The third-order valence-electron chi connectivity index (χ3n) is 6.57. The van der Waals surface area contributed by atoms with Crippen LogP contribution in [-0.4, -0.2) is 47.6 Å². The molecular weight excluding hydrogens is 508 g/mol. The van der Waals surface area contributed by atoms with Crippen molar-refractivity contribution in [2.75, 3.05) is 19.7 Å². The molecule has 1 fully saturated rings. The molecule has 4 rings (SSSR count). The van der Waals surface area contributed by atoms with Crippen molar-refractivity contribution >= 4 is 29.0 Å². The van der Waals surface area contributed by atoms with Crippen molar-refractivity contribution in [3.8, 4) is 0 Å². The van der Waals surface area contributed by atoms with Gasteiger partial charge in [0.15, 0.2) is 0 Å². The number of nitro groups is 1. The summed E-state index contributed by atoms with van der Waals surface area (Å²) >= 11 is 1.72. The summed E-state index contributed by atoms with van der Waals surface area (Å²) < 4.78 is 11.2. The number of hydrogen-bond acceptors (Lipinski definition) is 10. The van der Waals surface area contributed by atoms with Gasteiger partial charge in [-0.1, -0.05) is 18.2 Å². The Bertz CT molecular complexity index is 1270. The van der Waals surface area contributed by atoms with Crippen molar-refractivity contribution in [3.63, 3.8) is 0 Å². The maximum Gasteiger partial charge on any atom is 0.338 e. The van der Waals surface area contributed by atoms with Gasteiger partial charge in [0, 0.05) is 41.7 Å². The van der Waals surface area contributed by atoms with E-state index < -0.39 is 28.9 Å². The van der Waals surface area contributed by atoms with Crippen molar-refractivity contribution in [3.05, 3.63) is 85.0 Å². The zero-order chi connectivity index (χ0) is 27.4. The second-order valence-electron chi connectivity index (χ2n) is 9.80. The van der Waals surface area contributed by atoms with E-state index in [9.17, 15) is 19.7 Å². The van der Waals surface area contributed by atoms with Gasteiger partial charge in [-0.15, -0.1) is 11.3 Å². The number of nitrogens with two attached hydrogens (primary N) is 1. The number of rotatable bonds is 9. The van der Waals surface area contributed by atoms with E-state index in [1.54, 1.807) is 38.2 Å². The van der Waals surface area contributed by atoms with Gasteiger partial charge in [-0.05, 0) is 50.7 Å². The highest BCUT2D eigenvalue weighted by Crippen LogP contribution is 2.39. The Morgan fingerprint density at radius 2 is 2.03 bits per heavy atom. The van der Waals surface area contributed by atoms with Crippen LogP contribution >= 0.6 is 11.3 Å². The molecule has 1 saturated heterocycles. The minimum absolute atomic E-state index is 0.0280. The van der Waals surface area contributed by atoms with Gasteiger partial charge in [-0.25, -0.2) is 9.59 Å². The Morgan fingerprint density at radius 1 is 1.24 bits per heavy atom. The quantitative estimate of drug-likeness (QED) is 0.276. The minimum atomic E-state index is -0.992. The van der Waals surface area contributed by atoms with Crippen LogP contribution < -0.4 is 11.1 Å². The van der Waals surface area contributed by atoms with Crippen LogP contribution in [0.2, 0.25) is 0 Å². The number of hydrogen-bond donors (Lipinski definition) is 2. The molecule has 2 aliphatic rings. The van der Waals surface area contributed by atoms with E-state index in [4.69, 9.17) is 15.2 Å². The lowest BCUT2D eigenvalue weighted by Crippen LogP contribution is -2.37. The van der Waals surface area contributed by atoms with Crippen LogP contribution in [0, 0.1) is 16.0 Å². The molecule has 2 aromatic rings. The number of carbonyl (C=O) groups is 2. The van der Waals surface area contributed by atoms with Crippen molar-refractivity contribution in [2.45, 2.75) is 45.8 Å². The summed E-state index contributed by atoms with van der Waals surface area (Å²) in [7, 11) is 0. The number of benzene rings is 1. The molecule has 0 spiro atoms. The zero-order valence-electron chi connectivity index (χ0n) is 21.6. The van der Waals surface area contributed by atoms with Gasteiger partial charge in [0.1, 0.15) is 5.82 Å². The highest BCUT2D eigenvalue weighted by molar-refractivity contribution is 7.09. The topological polar surface area (TPSA) is 137 Å². The van der Waals surface area contributed by atoms with Crippen molar-refractivity contribution in [1.29, 1.82) is 0 Å². The highest BCUT2D eigenvalue weighted by Gasteiger charge is 2.39. The molecule has 1 aromatic carbocycles. The van der Waals surface area contributed by atoms with Crippen LogP contribution in [0.15, 0.2) is 64.4 Å². The lowest BCUT2D eigenvalue weighted by molar-refractivity contribution is -0.384. The molecule has 0 radical (unpaired) electrons. The molecule has 3 N–H and O–H groups in total. The highest BCUT2D eigenvalue weighted by atomic mass is 32.1. The second-order valence-corrected chi connectivity index (χ2v) is 10.8. The molecule has 2 atom stereocenters. The number of nitrogens with one attached hydrogen (secondary N) is 1. The zero-order valence-corrected chi connectivity index (χ0v) is 22.5. The van der Waals surface area contributed by atoms with E-state index in [1.807, 2.05) is 6.07 Å². The SMILES string of the molecule is CC1=C(C(=O)OC(C)C)C(c2cccc([N+](=O)[O-])c2)C(C(=O)OCC2CCN(Cc3cccs3)C2)=C(N)N1. The van der Waals surface area contributed by atoms with E-state index in [0.29, 0.717) is 11.3 Å². The minimum Gasteiger partial charge on any atom is -0.462 e. The van der Waals surface area contributed by atoms with Gasteiger partial charge in [-0.3, -0.25) is 15.0 Å². The second kappa shape index (κ2) is 11.8. The van der Waals surface area contributed by atoms with Crippen LogP contribution in [0.4, 0.5) is 5.69 Å². The molecule has 0 amide bonds. The Kier molecular flexibility index (Phi) is 8.48. The molecule has 10 nitrogen and oxygen atoms in total. The Balaban J connectivity index is 1.56. The number of allylic oxidation sites excluding steroid dienone is 1. The standard InChI is InChI=1S/C27H32N4O6S/c1-16(2)37-27(33)22-17(3)29-25(28)24(23(22)19-6-4-7-20(12-19)31(34)35)26(32)36-15-18-9-10-30(13-18)14-21-8-5-11-38-21/h4-8,11-12,16,18,23,29H,9-10,13-15,28H2,1-3H3. The Labute approximate surface area is 225 Å². The first-order chi connectivity index (χ1) is 18.1. The molecule has 11 heteroatoms. The van der Waals surface area contributed by atoms with E-state index >= 15 is 0 Å². The Hall–Kier alpha value is -3.70. The van der Waals surface area contributed by atoms with Gasteiger partial charge in [0.25, 0.3) is 5.69 Å². The first-order valence-corrected chi connectivity index (χ1v) is 13.4. The molecule has 0 saturated carbocycles. The number of carbonyl (C=O) groups excluding carboxylic acids is 2.